The largest absolute Gasteiger partial charge is 0.493 e. The van der Waals surface area contributed by atoms with Crippen molar-refractivity contribution in [2.24, 2.45) is 0 Å². The summed E-state index contributed by atoms with van der Waals surface area (Å²) < 4.78 is 0. The highest BCUT2D eigenvalue weighted by Crippen LogP contribution is 2.30. The predicted molar refractivity (Wildman–Crippen MR) is 134 cm³/mol. The number of nitrogens with zero attached hydrogens (tertiary/aromatic N) is 3. The number of rotatable bonds is 6. The standard InChI is InChI=1S/C28H28N4O2/c33-26-24(20-21-10-4-1-5-11-21)27(34)30-28(29-26)32-18-16-31(17-19-32)25(22-12-6-2-7-13-22)23-14-8-3-9-15-23/h1-15,25H,16-20H2,(H2,29,30,33,34). The molecule has 0 bridgehead atoms. The van der Waals surface area contributed by atoms with Gasteiger partial charge in [-0.1, -0.05) is 91.0 Å². The van der Waals surface area contributed by atoms with Gasteiger partial charge in [0.2, 0.25) is 11.8 Å². The van der Waals surface area contributed by atoms with E-state index in [1.807, 2.05) is 47.4 Å². The second-order valence-corrected chi connectivity index (χ2v) is 8.60. The molecule has 6 heteroatoms. The summed E-state index contributed by atoms with van der Waals surface area (Å²) in [7, 11) is 0. The van der Waals surface area contributed by atoms with Crippen LogP contribution in [0.5, 0.6) is 5.88 Å². The van der Waals surface area contributed by atoms with Crippen molar-refractivity contribution in [3.63, 3.8) is 0 Å². The Morgan fingerprint density at radius 2 is 1.32 bits per heavy atom. The molecule has 2 heterocycles. The van der Waals surface area contributed by atoms with Crippen molar-refractivity contribution in [2.45, 2.75) is 12.5 Å². The smallest absolute Gasteiger partial charge is 0.259 e. The van der Waals surface area contributed by atoms with Gasteiger partial charge in [-0.3, -0.25) is 14.7 Å². The van der Waals surface area contributed by atoms with Gasteiger partial charge in [-0.2, -0.15) is 4.98 Å². The van der Waals surface area contributed by atoms with Crippen LogP contribution in [0.3, 0.4) is 0 Å². The lowest BCUT2D eigenvalue weighted by molar-refractivity contribution is 0.211. The average molecular weight is 453 g/mol. The molecule has 2 N–H and O–H groups in total. The van der Waals surface area contributed by atoms with Crippen LogP contribution in [0.2, 0.25) is 0 Å². The maximum atomic E-state index is 12.8. The van der Waals surface area contributed by atoms with Crippen LogP contribution in [-0.2, 0) is 6.42 Å². The number of nitrogens with one attached hydrogen (secondary N) is 1. The number of H-pyrrole nitrogens is 1. The second kappa shape index (κ2) is 9.93. The Morgan fingerprint density at radius 3 is 1.85 bits per heavy atom. The minimum atomic E-state index is -0.291. The van der Waals surface area contributed by atoms with Crippen molar-refractivity contribution in [3.05, 3.63) is 124 Å². The molecule has 0 atom stereocenters. The van der Waals surface area contributed by atoms with Gasteiger partial charge in [0.1, 0.15) is 0 Å². The summed E-state index contributed by atoms with van der Waals surface area (Å²) in [6.45, 7) is 3.03. The Morgan fingerprint density at radius 1 is 0.794 bits per heavy atom. The van der Waals surface area contributed by atoms with Crippen LogP contribution in [-0.4, -0.2) is 46.2 Å². The molecule has 0 aliphatic carbocycles. The second-order valence-electron chi connectivity index (χ2n) is 8.60. The molecule has 4 aromatic rings. The van der Waals surface area contributed by atoms with Crippen LogP contribution in [0.1, 0.15) is 28.3 Å². The van der Waals surface area contributed by atoms with Gasteiger partial charge in [0, 0.05) is 32.6 Å². The van der Waals surface area contributed by atoms with Gasteiger partial charge in [0.25, 0.3) is 5.56 Å². The summed E-state index contributed by atoms with van der Waals surface area (Å²) in [6.07, 6.45) is 0.346. The number of aromatic amines is 1. The number of benzene rings is 3. The summed E-state index contributed by atoms with van der Waals surface area (Å²) in [4.78, 5) is 24.5. The van der Waals surface area contributed by atoms with Crippen LogP contribution < -0.4 is 10.5 Å². The minimum absolute atomic E-state index is 0.165. The van der Waals surface area contributed by atoms with E-state index in [0.717, 1.165) is 18.7 Å². The molecule has 5 rings (SSSR count). The zero-order valence-corrected chi connectivity index (χ0v) is 19.0. The summed E-state index contributed by atoms with van der Waals surface area (Å²) in [5, 5.41) is 10.5. The fourth-order valence-corrected chi connectivity index (χ4v) is 4.66. The first-order valence-corrected chi connectivity index (χ1v) is 11.6. The molecule has 0 radical (unpaired) electrons. The summed E-state index contributed by atoms with van der Waals surface area (Å²) in [6, 6.07) is 30.9. The van der Waals surface area contributed by atoms with Crippen molar-refractivity contribution >= 4 is 5.95 Å². The first-order valence-electron chi connectivity index (χ1n) is 11.6. The van der Waals surface area contributed by atoms with Crippen molar-refractivity contribution in [2.75, 3.05) is 31.1 Å². The van der Waals surface area contributed by atoms with Gasteiger partial charge in [-0.05, 0) is 16.7 Å². The maximum Gasteiger partial charge on any atom is 0.259 e. The lowest BCUT2D eigenvalue weighted by Crippen LogP contribution is -2.48. The normalized spacial score (nSPS) is 14.4. The molecule has 6 nitrogen and oxygen atoms in total. The molecule has 0 unspecified atom stereocenters. The zero-order chi connectivity index (χ0) is 23.3. The van der Waals surface area contributed by atoms with Crippen molar-refractivity contribution in [1.82, 2.24) is 14.9 Å². The molecule has 0 amide bonds. The van der Waals surface area contributed by atoms with E-state index in [0.29, 0.717) is 31.0 Å². The number of aromatic nitrogens is 2. The Bertz CT molecular complexity index is 1230. The topological polar surface area (TPSA) is 72.5 Å². The SMILES string of the molecule is O=c1[nH]c(N2CCN(C(c3ccccc3)c3ccccc3)CC2)nc(O)c1Cc1ccccc1. The number of hydrogen-bond donors (Lipinski definition) is 2. The van der Waals surface area contributed by atoms with Crippen LogP contribution in [0, 0.1) is 0 Å². The third-order valence-electron chi connectivity index (χ3n) is 6.41. The monoisotopic (exact) mass is 452 g/mol. The molecule has 1 fully saturated rings. The number of aromatic hydroxyl groups is 1. The third-order valence-corrected chi connectivity index (χ3v) is 6.41. The lowest BCUT2D eigenvalue weighted by Gasteiger charge is -2.40. The number of anilines is 1. The van der Waals surface area contributed by atoms with E-state index >= 15 is 0 Å². The quantitative estimate of drug-likeness (QED) is 0.463. The van der Waals surface area contributed by atoms with Gasteiger partial charge >= 0.3 is 0 Å². The summed E-state index contributed by atoms with van der Waals surface area (Å²) in [5.41, 5.74) is 3.48. The minimum Gasteiger partial charge on any atom is -0.493 e. The Balaban J connectivity index is 1.33. The van der Waals surface area contributed by atoms with E-state index < -0.39 is 0 Å². The predicted octanol–water partition coefficient (Wildman–Crippen LogP) is 3.98. The van der Waals surface area contributed by atoms with Crippen molar-refractivity contribution in [1.29, 1.82) is 0 Å². The van der Waals surface area contributed by atoms with Crippen LogP contribution in [0.4, 0.5) is 5.95 Å². The Kier molecular flexibility index (Phi) is 6.40. The highest BCUT2D eigenvalue weighted by molar-refractivity contribution is 5.39. The van der Waals surface area contributed by atoms with Crippen molar-refractivity contribution < 1.29 is 5.11 Å². The number of hydrogen-bond acceptors (Lipinski definition) is 5. The fourth-order valence-electron chi connectivity index (χ4n) is 4.66. The number of piperazine rings is 1. The molecule has 0 spiro atoms. The molecule has 1 aliphatic rings. The molecule has 1 aromatic heterocycles. The van der Waals surface area contributed by atoms with Crippen LogP contribution in [0.15, 0.2) is 95.8 Å². The van der Waals surface area contributed by atoms with Crippen LogP contribution in [0.25, 0.3) is 0 Å². The van der Waals surface area contributed by atoms with Gasteiger partial charge in [0.05, 0.1) is 11.6 Å². The van der Waals surface area contributed by atoms with E-state index in [1.165, 1.54) is 11.1 Å². The maximum absolute atomic E-state index is 12.8. The van der Waals surface area contributed by atoms with E-state index in [2.05, 4.69) is 63.4 Å². The lowest BCUT2D eigenvalue weighted by atomic mass is 9.96. The Labute approximate surface area is 199 Å². The zero-order valence-electron chi connectivity index (χ0n) is 19.0. The molecular formula is C28H28N4O2. The van der Waals surface area contributed by atoms with Gasteiger partial charge in [0.15, 0.2) is 0 Å². The highest BCUT2D eigenvalue weighted by Gasteiger charge is 2.27. The molecule has 0 saturated carbocycles. The van der Waals surface area contributed by atoms with Crippen molar-refractivity contribution in [3.8, 4) is 5.88 Å². The fraction of sp³-hybridized carbons (Fsp3) is 0.214. The summed E-state index contributed by atoms with van der Waals surface area (Å²) in [5.74, 6) is 0.228. The Hall–Kier alpha value is -3.90. The van der Waals surface area contributed by atoms with E-state index in [1.54, 1.807) is 0 Å². The molecule has 3 aromatic carbocycles. The molecule has 34 heavy (non-hydrogen) atoms. The summed E-state index contributed by atoms with van der Waals surface area (Å²) >= 11 is 0. The van der Waals surface area contributed by atoms with Gasteiger partial charge in [-0.15, -0.1) is 0 Å². The van der Waals surface area contributed by atoms with Gasteiger partial charge < -0.3 is 10.0 Å². The van der Waals surface area contributed by atoms with E-state index in [9.17, 15) is 9.90 Å². The first kappa shape index (κ1) is 21.9. The van der Waals surface area contributed by atoms with E-state index in [4.69, 9.17) is 0 Å². The van der Waals surface area contributed by atoms with Crippen LogP contribution >= 0.6 is 0 Å². The first-order chi connectivity index (χ1) is 16.7. The molecule has 1 aliphatic heterocycles. The van der Waals surface area contributed by atoms with E-state index in [-0.39, 0.29) is 17.5 Å². The molecular weight excluding hydrogens is 424 g/mol. The highest BCUT2D eigenvalue weighted by atomic mass is 16.3. The van der Waals surface area contributed by atoms with Gasteiger partial charge in [-0.25, -0.2) is 0 Å². The molecule has 172 valence electrons. The third kappa shape index (κ3) is 4.72. The molecule has 1 saturated heterocycles. The average Bonchev–Trinajstić information content (AvgIpc) is 2.89.